The molecular formula is C12H13F2NO4. The summed E-state index contributed by atoms with van der Waals surface area (Å²) in [6, 6.07) is 6.06. The maximum Gasteiger partial charge on any atom is 0.387 e. The highest BCUT2D eigenvalue weighted by molar-refractivity contribution is 5.80. The maximum absolute atomic E-state index is 12.1. The molecule has 1 amide bonds. The van der Waals surface area contributed by atoms with Crippen molar-refractivity contribution in [2.75, 3.05) is 0 Å². The van der Waals surface area contributed by atoms with Gasteiger partial charge in [0.15, 0.2) is 0 Å². The quantitative estimate of drug-likeness (QED) is 0.793. The molecule has 0 saturated heterocycles. The lowest BCUT2D eigenvalue weighted by Crippen LogP contribution is -2.23. The first-order valence-corrected chi connectivity index (χ1v) is 5.50. The number of hydrogen-bond donors (Lipinski definition) is 2. The first-order chi connectivity index (χ1) is 8.99. The van der Waals surface area contributed by atoms with Crippen LogP contribution in [0.5, 0.6) is 5.75 Å². The molecule has 1 aromatic carbocycles. The van der Waals surface area contributed by atoms with E-state index in [1.54, 1.807) is 6.07 Å². The Morgan fingerprint density at radius 3 is 2.58 bits per heavy atom. The largest absolute Gasteiger partial charge is 0.481 e. The molecule has 19 heavy (non-hydrogen) atoms. The highest BCUT2D eigenvalue weighted by Crippen LogP contribution is 2.19. The van der Waals surface area contributed by atoms with Crippen LogP contribution in [0.2, 0.25) is 0 Å². The van der Waals surface area contributed by atoms with Crippen LogP contribution in [0.15, 0.2) is 24.3 Å². The predicted molar refractivity (Wildman–Crippen MR) is 61.8 cm³/mol. The highest BCUT2D eigenvalue weighted by Gasteiger charge is 2.10. The summed E-state index contributed by atoms with van der Waals surface area (Å²) in [6.45, 7) is -2.94. The van der Waals surface area contributed by atoms with Crippen LogP contribution in [0.3, 0.4) is 0 Å². The van der Waals surface area contributed by atoms with Gasteiger partial charge in [-0.1, -0.05) is 18.2 Å². The number of carboxylic acid groups (broad SMARTS) is 1. The average Bonchev–Trinajstić information content (AvgIpc) is 2.34. The van der Waals surface area contributed by atoms with Gasteiger partial charge in [-0.2, -0.15) is 8.78 Å². The molecule has 0 radical (unpaired) electrons. The number of para-hydroxylation sites is 1. The number of hydrogen-bond acceptors (Lipinski definition) is 3. The van der Waals surface area contributed by atoms with Crippen LogP contribution >= 0.6 is 0 Å². The zero-order valence-corrected chi connectivity index (χ0v) is 9.94. The van der Waals surface area contributed by atoms with Gasteiger partial charge in [0, 0.05) is 18.5 Å². The van der Waals surface area contributed by atoms with Crippen molar-refractivity contribution >= 4 is 11.9 Å². The maximum atomic E-state index is 12.1. The Morgan fingerprint density at radius 1 is 1.26 bits per heavy atom. The van der Waals surface area contributed by atoms with E-state index in [-0.39, 0.29) is 25.1 Å². The lowest BCUT2D eigenvalue weighted by Gasteiger charge is -2.11. The van der Waals surface area contributed by atoms with Crippen LogP contribution in [0.25, 0.3) is 0 Å². The third-order valence-corrected chi connectivity index (χ3v) is 2.23. The fourth-order valence-corrected chi connectivity index (χ4v) is 1.36. The van der Waals surface area contributed by atoms with E-state index in [0.717, 1.165) is 0 Å². The van der Waals surface area contributed by atoms with Crippen molar-refractivity contribution in [3.63, 3.8) is 0 Å². The molecule has 1 aromatic rings. The molecule has 0 bridgehead atoms. The van der Waals surface area contributed by atoms with E-state index in [4.69, 9.17) is 5.11 Å². The summed E-state index contributed by atoms with van der Waals surface area (Å²) in [5.41, 5.74) is 0.395. The summed E-state index contributed by atoms with van der Waals surface area (Å²) in [5.74, 6) is -1.55. The van der Waals surface area contributed by atoms with Gasteiger partial charge in [0.25, 0.3) is 0 Å². The fourth-order valence-electron chi connectivity index (χ4n) is 1.36. The first kappa shape index (κ1) is 14.9. The van der Waals surface area contributed by atoms with Gasteiger partial charge in [-0.25, -0.2) is 0 Å². The molecule has 0 aliphatic carbocycles. The smallest absolute Gasteiger partial charge is 0.387 e. The molecular weight excluding hydrogens is 260 g/mol. The topological polar surface area (TPSA) is 75.6 Å². The average molecular weight is 273 g/mol. The zero-order valence-electron chi connectivity index (χ0n) is 9.94. The van der Waals surface area contributed by atoms with Gasteiger partial charge in [0.05, 0.1) is 6.42 Å². The summed E-state index contributed by atoms with van der Waals surface area (Å²) < 4.78 is 28.6. The van der Waals surface area contributed by atoms with Crippen LogP contribution in [0.4, 0.5) is 8.78 Å². The number of nitrogens with one attached hydrogen (secondary N) is 1. The van der Waals surface area contributed by atoms with Crippen molar-refractivity contribution < 1.29 is 28.2 Å². The Kier molecular flexibility index (Phi) is 5.72. The number of carbonyl (C=O) groups excluding carboxylic acids is 1. The van der Waals surface area contributed by atoms with Crippen molar-refractivity contribution in [3.8, 4) is 5.75 Å². The molecule has 0 fully saturated rings. The number of amides is 1. The van der Waals surface area contributed by atoms with Crippen LogP contribution in [0.1, 0.15) is 18.4 Å². The number of rotatable bonds is 7. The summed E-state index contributed by atoms with van der Waals surface area (Å²) >= 11 is 0. The normalized spacial score (nSPS) is 10.3. The van der Waals surface area contributed by atoms with E-state index in [1.165, 1.54) is 18.2 Å². The standard InChI is InChI=1S/C12H13F2NO4/c13-12(14)19-9-4-2-1-3-8(9)7-15-10(16)5-6-11(17)18/h1-4,12H,5-7H2,(H,15,16)(H,17,18). The van der Waals surface area contributed by atoms with E-state index >= 15 is 0 Å². The third kappa shape index (κ3) is 5.80. The number of halogens is 2. The fraction of sp³-hybridized carbons (Fsp3) is 0.333. The number of benzene rings is 1. The van der Waals surface area contributed by atoms with Crippen molar-refractivity contribution in [2.24, 2.45) is 0 Å². The highest BCUT2D eigenvalue weighted by atomic mass is 19.3. The number of aliphatic carboxylic acids is 1. The van der Waals surface area contributed by atoms with Crippen LogP contribution in [-0.2, 0) is 16.1 Å². The van der Waals surface area contributed by atoms with Gasteiger partial charge in [-0.15, -0.1) is 0 Å². The molecule has 0 spiro atoms. The molecule has 0 unspecified atom stereocenters. The van der Waals surface area contributed by atoms with Gasteiger partial charge < -0.3 is 15.2 Å². The zero-order chi connectivity index (χ0) is 14.3. The molecule has 5 nitrogen and oxygen atoms in total. The molecule has 0 atom stereocenters. The molecule has 0 saturated carbocycles. The number of carbonyl (C=O) groups is 2. The van der Waals surface area contributed by atoms with Crippen LogP contribution in [0, 0.1) is 0 Å². The number of carboxylic acids is 1. The molecule has 104 valence electrons. The minimum absolute atomic E-state index is 0.00134. The summed E-state index contributed by atoms with van der Waals surface area (Å²) in [6.07, 6.45) is -0.436. The summed E-state index contributed by atoms with van der Waals surface area (Å²) in [4.78, 5) is 21.6. The third-order valence-electron chi connectivity index (χ3n) is 2.23. The lowest BCUT2D eigenvalue weighted by atomic mass is 10.2. The molecule has 0 aliphatic heterocycles. The Labute approximate surface area is 108 Å². The first-order valence-electron chi connectivity index (χ1n) is 5.50. The van der Waals surface area contributed by atoms with E-state index < -0.39 is 18.5 Å². The minimum Gasteiger partial charge on any atom is -0.481 e. The van der Waals surface area contributed by atoms with Gasteiger partial charge >= 0.3 is 12.6 Å². The Morgan fingerprint density at radius 2 is 1.95 bits per heavy atom. The lowest BCUT2D eigenvalue weighted by molar-refractivity contribution is -0.138. The minimum atomic E-state index is -2.94. The van der Waals surface area contributed by atoms with Crippen molar-refractivity contribution in [2.45, 2.75) is 26.0 Å². The van der Waals surface area contributed by atoms with Crippen molar-refractivity contribution in [3.05, 3.63) is 29.8 Å². The Bertz CT molecular complexity index is 451. The van der Waals surface area contributed by atoms with Gasteiger partial charge in [0.2, 0.25) is 5.91 Å². The van der Waals surface area contributed by atoms with E-state index in [1.807, 2.05) is 0 Å². The molecule has 1 rings (SSSR count). The predicted octanol–water partition coefficient (Wildman–Crippen LogP) is 1.77. The second-order valence-electron chi connectivity index (χ2n) is 3.66. The summed E-state index contributed by atoms with van der Waals surface area (Å²) in [5, 5.41) is 10.8. The van der Waals surface area contributed by atoms with Crippen LogP contribution in [-0.4, -0.2) is 23.6 Å². The second-order valence-corrected chi connectivity index (χ2v) is 3.66. The monoisotopic (exact) mass is 273 g/mol. The Balaban J connectivity index is 2.52. The molecule has 2 N–H and O–H groups in total. The molecule has 7 heteroatoms. The number of alkyl halides is 2. The molecule has 0 aromatic heterocycles. The van der Waals surface area contributed by atoms with Crippen LogP contribution < -0.4 is 10.1 Å². The Hall–Kier alpha value is -2.18. The molecule has 0 heterocycles. The van der Waals surface area contributed by atoms with E-state index in [2.05, 4.69) is 10.1 Å². The molecule has 0 aliphatic rings. The van der Waals surface area contributed by atoms with E-state index in [0.29, 0.717) is 5.56 Å². The van der Waals surface area contributed by atoms with Crippen molar-refractivity contribution in [1.29, 1.82) is 0 Å². The van der Waals surface area contributed by atoms with Crippen molar-refractivity contribution in [1.82, 2.24) is 5.32 Å². The van der Waals surface area contributed by atoms with Gasteiger partial charge in [-0.05, 0) is 6.07 Å². The van der Waals surface area contributed by atoms with Gasteiger partial charge in [0.1, 0.15) is 5.75 Å². The van der Waals surface area contributed by atoms with E-state index in [9.17, 15) is 18.4 Å². The SMILES string of the molecule is O=C(O)CCC(=O)NCc1ccccc1OC(F)F. The van der Waals surface area contributed by atoms with Gasteiger partial charge in [-0.3, -0.25) is 9.59 Å². The summed E-state index contributed by atoms with van der Waals surface area (Å²) in [7, 11) is 0. The second kappa shape index (κ2) is 7.30. The number of ether oxygens (including phenoxy) is 1.